The van der Waals surface area contributed by atoms with Crippen LogP contribution in [0.5, 0.6) is 0 Å². The highest BCUT2D eigenvalue weighted by Crippen LogP contribution is 2.16. The summed E-state index contributed by atoms with van der Waals surface area (Å²) in [4.78, 5) is 30.4. The van der Waals surface area contributed by atoms with Crippen LogP contribution in [0.3, 0.4) is 0 Å². The Labute approximate surface area is 150 Å². The number of pyridine rings is 1. The number of benzene rings is 2. The fraction of sp³-hybridized carbons (Fsp3) is 0.0500. The zero-order valence-electron chi connectivity index (χ0n) is 14.0. The number of carbonyl (C=O) groups excluding carboxylic acids is 2. The number of hydrogen-bond acceptors (Lipinski definition) is 3. The highest BCUT2D eigenvalue weighted by molar-refractivity contribution is 6.08. The van der Waals surface area contributed by atoms with Crippen molar-refractivity contribution in [2.24, 2.45) is 0 Å². The number of aromatic nitrogens is 1. The van der Waals surface area contributed by atoms with E-state index in [2.05, 4.69) is 10.3 Å². The number of rotatable bonds is 4. The first kappa shape index (κ1) is 17.3. The van der Waals surface area contributed by atoms with Gasteiger partial charge in [0, 0.05) is 24.5 Å². The lowest BCUT2D eigenvalue weighted by Crippen LogP contribution is -2.27. The highest BCUT2D eigenvalue weighted by atomic mass is 19.1. The second kappa shape index (κ2) is 7.57. The normalized spacial score (nSPS) is 10.2. The van der Waals surface area contributed by atoms with Crippen molar-refractivity contribution < 1.29 is 14.0 Å². The molecule has 0 saturated carbocycles. The van der Waals surface area contributed by atoms with Gasteiger partial charge in [-0.2, -0.15) is 0 Å². The Kier molecular flexibility index (Phi) is 5.03. The highest BCUT2D eigenvalue weighted by Gasteiger charge is 2.17. The van der Waals surface area contributed by atoms with Crippen LogP contribution >= 0.6 is 0 Å². The Balaban J connectivity index is 1.80. The lowest BCUT2D eigenvalue weighted by atomic mass is 10.2. The zero-order chi connectivity index (χ0) is 18.5. The molecule has 2 amide bonds. The topological polar surface area (TPSA) is 62.3 Å². The minimum atomic E-state index is -0.532. The molecule has 1 N–H and O–H groups in total. The molecule has 1 heterocycles. The lowest BCUT2D eigenvalue weighted by Gasteiger charge is -2.17. The summed E-state index contributed by atoms with van der Waals surface area (Å²) in [5, 5.41) is 2.49. The van der Waals surface area contributed by atoms with Crippen molar-refractivity contribution in [2.45, 2.75) is 0 Å². The lowest BCUT2D eigenvalue weighted by molar-refractivity contribution is 0.0988. The summed E-state index contributed by atoms with van der Waals surface area (Å²) in [6.45, 7) is 0. The summed E-state index contributed by atoms with van der Waals surface area (Å²) in [6.07, 6.45) is 1.38. The number of carbonyl (C=O) groups is 2. The van der Waals surface area contributed by atoms with Gasteiger partial charge >= 0.3 is 0 Å². The van der Waals surface area contributed by atoms with Gasteiger partial charge in [-0.15, -0.1) is 0 Å². The van der Waals surface area contributed by atoms with Crippen molar-refractivity contribution in [1.29, 1.82) is 0 Å². The summed E-state index contributed by atoms with van der Waals surface area (Å²) in [5.74, 6) is -1.40. The maximum absolute atomic E-state index is 13.7. The summed E-state index contributed by atoms with van der Waals surface area (Å²) >= 11 is 0. The van der Waals surface area contributed by atoms with Gasteiger partial charge < -0.3 is 10.2 Å². The summed E-state index contributed by atoms with van der Waals surface area (Å²) in [5.41, 5.74) is 1.12. The van der Waals surface area contributed by atoms with E-state index in [0.29, 0.717) is 5.69 Å². The van der Waals surface area contributed by atoms with Gasteiger partial charge in [0.15, 0.2) is 0 Å². The van der Waals surface area contributed by atoms with E-state index in [0.717, 1.165) is 0 Å². The van der Waals surface area contributed by atoms with Crippen molar-refractivity contribution in [3.63, 3.8) is 0 Å². The number of nitrogens with one attached hydrogen (secondary N) is 1. The van der Waals surface area contributed by atoms with Gasteiger partial charge in [0.25, 0.3) is 11.8 Å². The summed E-state index contributed by atoms with van der Waals surface area (Å²) < 4.78 is 13.7. The smallest absolute Gasteiger partial charge is 0.276 e. The van der Waals surface area contributed by atoms with E-state index in [4.69, 9.17) is 0 Å². The number of amides is 2. The minimum Gasteiger partial charge on any atom is -0.319 e. The van der Waals surface area contributed by atoms with Crippen molar-refractivity contribution in [2.75, 3.05) is 17.3 Å². The van der Waals surface area contributed by atoms with Crippen LogP contribution in [0, 0.1) is 5.82 Å². The van der Waals surface area contributed by atoms with Gasteiger partial charge in [-0.1, -0.05) is 30.3 Å². The molecule has 6 heteroatoms. The van der Waals surface area contributed by atoms with Crippen molar-refractivity contribution in [1.82, 2.24) is 4.98 Å². The van der Waals surface area contributed by atoms with E-state index in [9.17, 15) is 14.0 Å². The maximum atomic E-state index is 13.7. The molecule has 0 saturated heterocycles. The Bertz CT molecular complexity index is 945. The Hall–Kier alpha value is -3.54. The van der Waals surface area contributed by atoms with E-state index in [1.165, 1.54) is 41.4 Å². The number of nitrogens with zero attached hydrogens (tertiary/aromatic N) is 2. The Morgan fingerprint density at radius 2 is 1.69 bits per heavy atom. The van der Waals surface area contributed by atoms with E-state index >= 15 is 0 Å². The molecule has 5 nitrogen and oxygen atoms in total. The Morgan fingerprint density at radius 3 is 2.42 bits per heavy atom. The SMILES string of the molecule is CN(C(=O)c1cc(C(=O)Nc2ccccc2F)ccn1)c1ccccc1. The van der Waals surface area contributed by atoms with Gasteiger partial charge in [0.1, 0.15) is 11.5 Å². The van der Waals surface area contributed by atoms with Crippen LogP contribution in [0.25, 0.3) is 0 Å². The Morgan fingerprint density at radius 1 is 1.00 bits per heavy atom. The fourth-order valence-electron chi connectivity index (χ4n) is 2.39. The van der Waals surface area contributed by atoms with E-state index in [1.807, 2.05) is 18.2 Å². The molecule has 3 rings (SSSR count). The molecule has 1 aromatic heterocycles. The third kappa shape index (κ3) is 3.75. The quantitative estimate of drug-likeness (QED) is 0.780. The van der Waals surface area contributed by atoms with E-state index in [1.54, 1.807) is 25.2 Å². The first-order valence-electron chi connectivity index (χ1n) is 7.91. The molecule has 0 aliphatic rings. The molecule has 0 atom stereocenters. The average molecular weight is 349 g/mol. The minimum absolute atomic E-state index is 0.0728. The van der Waals surface area contributed by atoms with Crippen LogP contribution in [0.1, 0.15) is 20.8 Å². The standard InChI is InChI=1S/C20H16FN3O2/c1-24(15-7-3-2-4-8-15)20(26)18-13-14(11-12-22-18)19(25)23-17-10-6-5-9-16(17)21/h2-13H,1H3,(H,23,25). The number of hydrogen-bond donors (Lipinski definition) is 1. The van der Waals surface area contributed by atoms with Crippen LogP contribution in [-0.2, 0) is 0 Å². The van der Waals surface area contributed by atoms with Gasteiger partial charge in [-0.05, 0) is 36.4 Å². The summed E-state index contributed by atoms with van der Waals surface area (Å²) in [7, 11) is 1.63. The molecule has 26 heavy (non-hydrogen) atoms. The third-order valence-corrected chi connectivity index (χ3v) is 3.81. The number of halogens is 1. The maximum Gasteiger partial charge on any atom is 0.276 e. The van der Waals surface area contributed by atoms with Crippen molar-refractivity contribution in [3.8, 4) is 0 Å². The molecular weight excluding hydrogens is 333 g/mol. The molecule has 0 fully saturated rings. The number of anilines is 2. The van der Waals surface area contributed by atoms with E-state index in [-0.39, 0.29) is 22.9 Å². The molecule has 0 spiro atoms. The zero-order valence-corrected chi connectivity index (χ0v) is 14.0. The monoisotopic (exact) mass is 349 g/mol. The molecule has 0 bridgehead atoms. The predicted molar refractivity (Wildman–Crippen MR) is 97.8 cm³/mol. The third-order valence-electron chi connectivity index (χ3n) is 3.81. The molecule has 3 aromatic rings. The van der Waals surface area contributed by atoms with Gasteiger partial charge in [-0.25, -0.2) is 4.39 Å². The van der Waals surface area contributed by atoms with Crippen LogP contribution < -0.4 is 10.2 Å². The van der Waals surface area contributed by atoms with Crippen molar-refractivity contribution >= 4 is 23.2 Å². The van der Waals surface area contributed by atoms with Crippen molar-refractivity contribution in [3.05, 3.63) is 90.0 Å². The van der Waals surface area contributed by atoms with Crippen LogP contribution in [-0.4, -0.2) is 23.8 Å². The summed E-state index contributed by atoms with van der Waals surface area (Å²) in [6, 6.07) is 17.8. The molecule has 0 radical (unpaired) electrons. The van der Waals surface area contributed by atoms with Crippen LogP contribution in [0.2, 0.25) is 0 Å². The molecule has 0 unspecified atom stereocenters. The molecule has 0 aliphatic heterocycles. The first-order chi connectivity index (χ1) is 12.6. The average Bonchev–Trinajstić information content (AvgIpc) is 2.69. The molecule has 2 aromatic carbocycles. The predicted octanol–water partition coefficient (Wildman–Crippen LogP) is 3.75. The first-order valence-corrected chi connectivity index (χ1v) is 7.91. The van der Waals surface area contributed by atoms with E-state index < -0.39 is 11.7 Å². The fourth-order valence-corrected chi connectivity index (χ4v) is 2.39. The van der Waals surface area contributed by atoms with Gasteiger partial charge in [-0.3, -0.25) is 14.6 Å². The second-order valence-corrected chi connectivity index (χ2v) is 5.56. The molecule has 130 valence electrons. The largest absolute Gasteiger partial charge is 0.319 e. The van der Waals surface area contributed by atoms with Crippen LogP contribution in [0.4, 0.5) is 15.8 Å². The molecular formula is C20H16FN3O2. The van der Waals surface area contributed by atoms with Gasteiger partial charge in [0.2, 0.25) is 0 Å². The van der Waals surface area contributed by atoms with Crippen LogP contribution in [0.15, 0.2) is 72.9 Å². The second-order valence-electron chi connectivity index (χ2n) is 5.56. The van der Waals surface area contributed by atoms with Gasteiger partial charge in [0.05, 0.1) is 5.69 Å². The molecule has 0 aliphatic carbocycles. The number of para-hydroxylation sites is 2.